The largest absolute Gasteiger partial charge is 0.370 e. The molecule has 1 saturated heterocycles. The van der Waals surface area contributed by atoms with Gasteiger partial charge in [-0.05, 0) is 47.9 Å². The second-order valence-corrected chi connectivity index (χ2v) is 9.65. The van der Waals surface area contributed by atoms with E-state index < -0.39 is 15.9 Å². The van der Waals surface area contributed by atoms with Crippen LogP contribution in [0.2, 0.25) is 0 Å². The van der Waals surface area contributed by atoms with Gasteiger partial charge in [-0.25, -0.2) is 13.1 Å². The van der Waals surface area contributed by atoms with Gasteiger partial charge in [0.2, 0.25) is 0 Å². The van der Waals surface area contributed by atoms with Crippen LogP contribution >= 0.6 is 0 Å². The van der Waals surface area contributed by atoms with Crippen LogP contribution in [0, 0.1) is 0 Å². The highest BCUT2D eigenvalue weighted by Gasteiger charge is 2.33. The molecule has 1 fully saturated rings. The molecule has 0 aliphatic carbocycles. The van der Waals surface area contributed by atoms with E-state index in [2.05, 4.69) is 59.6 Å². The van der Waals surface area contributed by atoms with Gasteiger partial charge in [0.25, 0.3) is 15.9 Å². The third kappa shape index (κ3) is 3.24. The zero-order chi connectivity index (χ0) is 20.9. The summed E-state index contributed by atoms with van der Waals surface area (Å²) in [4.78, 5) is 14.3. The first-order valence-corrected chi connectivity index (χ1v) is 11.6. The SMILES string of the molecule is C[C@@H](N[C@H]1CCN(c2ccc3c(c2)C(=O)NS3(=O)=O)C1)c1cccc2ccccc12. The average molecular weight is 422 g/mol. The van der Waals surface area contributed by atoms with Crippen LogP contribution < -0.4 is 14.9 Å². The first-order valence-electron chi connectivity index (χ1n) is 10.1. The molecular formula is C23H23N3O3S. The number of hydrogen-bond acceptors (Lipinski definition) is 5. The number of amides is 1. The van der Waals surface area contributed by atoms with Crippen LogP contribution in [-0.2, 0) is 10.0 Å². The quantitative estimate of drug-likeness (QED) is 0.676. The van der Waals surface area contributed by atoms with Crippen molar-refractivity contribution in [1.29, 1.82) is 0 Å². The van der Waals surface area contributed by atoms with Gasteiger partial charge in [0.05, 0.1) is 5.56 Å². The highest BCUT2D eigenvalue weighted by atomic mass is 32.2. The maximum absolute atomic E-state index is 12.0. The maximum Gasteiger partial charge on any atom is 0.266 e. The predicted molar refractivity (Wildman–Crippen MR) is 117 cm³/mol. The minimum atomic E-state index is -3.70. The molecule has 30 heavy (non-hydrogen) atoms. The van der Waals surface area contributed by atoms with Crippen molar-refractivity contribution in [3.8, 4) is 0 Å². The van der Waals surface area contributed by atoms with Crippen LogP contribution in [0.25, 0.3) is 10.8 Å². The van der Waals surface area contributed by atoms with Gasteiger partial charge in [0.1, 0.15) is 4.90 Å². The van der Waals surface area contributed by atoms with Crippen LogP contribution in [0.15, 0.2) is 65.6 Å². The van der Waals surface area contributed by atoms with Crippen LogP contribution in [0.1, 0.15) is 35.3 Å². The van der Waals surface area contributed by atoms with Gasteiger partial charge in [0, 0.05) is 30.9 Å². The molecule has 2 atom stereocenters. The van der Waals surface area contributed by atoms with Crippen LogP contribution in [-0.4, -0.2) is 33.5 Å². The van der Waals surface area contributed by atoms with E-state index in [9.17, 15) is 13.2 Å². The lowest BCUT2D eigenvalue weighted by molar-refractivity contribution is 0.0985. The van der Waals surface area contributed by atoms with Gasteiger partial charge in [-0.15, -0.1) is 0 Å². The van der Waals surface area contributed by atoms with E-state index in [1.807, 2.05) is 4.72 Å². The Morgan fingerprint density at radius 2 is 1.90 bits per heavy atom. The molecule has 2 aliphatic heterocycles. The van der Waals surface area contributed by atoms with Gasteiger partial charge in [-0.3, -0.25) is 4.79 Å². The third-order valence-electron chi connectivity index (χ3n) is 6.05. The molecule has 7 heteroatoms. The Kier molecular flexibility index (Phi) is 4.52. The fourth-order valence-electron chi connectivity index (χ4n) is 4.56. The monoisotopic (exact) mass is 421 g/mol. The summed E-state index contributed by atoms with van der Waals surface area (Å²) in [6.07, 6.45) is 0.983. The van der Waals surface area contributed by atoms with E-state index >= 15 is 0 Å². The van der Waals surface area contributed by atoms with Crippen LogP contribution in [0.5, 0.6) is 0 Å². The molecule has 0 bridgehead atoms. The van der Waals surface area contributed by atoms with Crippen molar-refractivity contribution < 1.29 is 13.2 Å². The number of rotatable bonds is 4. The van der Waals surface area contributed by atoms with Crippen molar-refractivity contribution >= 4 is 32.4 Å². The maximum atomic E-state index is 12.0. The molecule has 3 aromatic carbocycles. The molecule has 0 aromatic heterocycles. The lowest BCUT2D eigenvalue weighted by Crippen LogP contribution is -2.34. The smallest absolute Gasteiger partial charge is 0.266 e. The molecule has 6 nitrogen and oxygen atoms in total. The predicted octanol–water partition coefficient (Wildman–Crippen LogP) is 3.20. The molecule has 0 spiro atoms. The Bertz CT molecular complexity index is 1250. The number of nitrogens with zero attached hydrogens (tertiary/aromatic N) is 1. The second-order valence-electron chi connectivity index (χ2n) is 8.00. The molecule has 2 aliphatic rings. The standard InChI is InChI=1S/C23H23N3O3S/c1-15(19-8-4-6-16-5-2-3-7-20(16)19)24-17-11-12-26(14-17)18-9-10-22-21(13-18)23(27)25-30(22,28)29/h2-10,13,15,17,24H,11-12,14H2,1H3,(H,25,27)/t15-,17+/m1/s1. The summed E-state index contributed by atoms with van der Waals surface area (Å²) in [5.74, 6) is -0.551. The minimum absolute atomic E-state index is 0.0645. The van der Waals surface area contributed by atoms with E-state index in [1.165, 1.54) is 22.4 Å². The van der Waals surface area contributed by atoms with Crippen LogP contribution in [0.4, 0.5) is 5.69 Å². The summed E-state index contributed by atoms with van der Waals surface area (Å²) in [6.45, 7) is 3.85. The number of carbonyl (C=O) groups excluding carboxylic acids is 1. The highest BCUT2D eigenvalue weighted by Crippen LogP contribution is 2.30. The molecule has 3 aromatic rings. The molecule has 2 heterocycles. The summed E-state index contributed by atoms with van der Waals surface area (Å²) < 4.78 is 25.9. The molecule has 0 saturated carbocycles. The van der Waals surface area contributed by atoms with Crippen molar-refractivity contribution in [3.63, 3.8) is 0 Å². The number of sulfonamides is 1. The van der Waals surface area contributed by atoms with Crippen molar-refractivity contribution in [2.45, 2.75) is 30.3 Å². The van der Waals surface area contributed by atoms with Gasteiger partial charge >= 0.3 is 0 Å². The first-order chi connectivity index (χ1) is 14.4. The fourth-order valence-corrected chi connectivity index (χ4v) is 5.71. The Morgan fingerprint density at radius 1 is 1.10 bits per heavy atom. The van der Waals surface area contributed by atoms with Crippen molar-refractivity contribution in [2.24, 2.45) is 0 Å². The Balaban J connectivity index is 1.32. The Labute approximate surface area is 175 Å². The lowest BCUT2D eigenvalue weighted by atomic mass is 9.99. The number of anilines is 1. The first kappa shape index (κ1) is 19.1. The number of carbonyl (C=O) groups is 1. The van der Waals surface area contributed by atoms with E-state index in [1.54, 1.807) is 12.1 Å². The van der Waals surface area contributed by atoms with E-state index in [0.717, 1.165) is 25.2 Å². The average Bonchev–Trinajstić information content (AvgIpc) is 3.29. The van der Waals surface area contributed by atoms with E-state index in [-0.39, 0.29) is 16.5 Å². The van der Waals surface area contributed by atoms with Crippen molar-refractivity contribution in [2.75, 3.05) is 18.0 Å². The molecule has 2 N–H and O–H groups in total. The Hall–Kier alpha value is -2.90. The zero-order valence-corrected chi connectivity index (χ0v) is 17.4. The fraction of sp³-hybridized carbons (Fsp3) is 0.261. The number of hydrogen-bond donors (Lipinski definition) is 2. The van der Waals surface area contributed by atoms with E-state index in [0.29, 0.717) is 6.04 Å². The molecule has 1 amide bonds. The number of nitrogens with one attached hydrogen (secondary N) is 2. The number of benzene rings is 3. The topological polar surface area (TPSA) is 78.5 Å². The normalized spacial score (nSPS) is 20.9. The summed E-state index contributed by atoms with van der Waals surface area (Å²) in [6, 6.07) is 20.3. The molecule has 0 unspecified atom stereocenters. The van der Waals surface area contributed by atoms with Gasteiger partial charge in [0.15, 0.2) is 0 Å². The third-order valence-corrected chi connectivity index (χ3v) is 7.44. The molecule has 154 valence electrons. The summed E-state index contributed by atoms with van der Waals surface area (Å²) in [7, 11) is -3.70. The van der Waals surface area contributed by atoms with Gasteiger partial charge in [-0.2, -0.15) is 0 Å². The Morgan fingerprint density at radius 3 is 2.77 bits per heavy atom. The van der Waals surface area contributed by atoms with E-state index in [4.69, 9.17) is 0 Å². The zero-order valence-electron chi connectivity index (χ0n) is 16.6. The summed E-state index contributed by atoms with van der Waals surface area (Å²) in [5, 5.41) is 6.25. The van der Waals surface area contributed by atoms with Crippen molar-refractivity contribution in [3.05, 3.63) is 71.8 Å². The molecule has 0 radical (unpaired) electrons. The lowest BCUT2D eigenvalue weighted by Gasteiger charge is -2.23. The molecular weight excluding hydrogens is 398 g/mol. The summed E-state index contributed by atoms with van der Waals surface area (Å²) in [5.41, 5.74) is 2.39. The van der Waals surface area contributed by atoms with Gasteiger partial charge in [-0.1, -0.05) is 42.5 Å². The minimum Gasteiger partial charge on any atom is -0.370 e. The van der Waals surface area contributed by atoms with Gasteiger partial charge < -0.3 is 10.2 Å². The van der Waals surface area contributed by atoms with Crippen LogP contribution in [0.3, 0.4) is 0 Å². The second kappa shape index (κ2) is 7.11. The summed E-state index contributed by atoms with van der Waals surface area (Å²) >= 11 is 0. The highest BCUT2D eigenvalue weighted by molar-refractivity contribution is 7.90. The van der Waals surface area contributed by atoms with Crippen molar-refractivity contribution in [1.82, 2.24) is 10.0 Å². The number of fused-ring (bicyclic) bond motifs is 2. The molecule has 5 rings (SSSR count).